The summed E-state index contributed by atoms with van der Waals surface area (Å²) in [5.41, 5.74) is 6.98. The van der Waals surface area contributed by atoms with Crippen molar-refractivity contribution in [3.63, 3.8) is 0 Å². The van der Waals surface area contributed by atoms with Gasteiger partial charge in [-0.25, -0.2) is 0 Å². The quantitative estimate of drug-likeness (QED) is 0.361. The van der Waals surface area contributed by atoms with Crippen LogP contribution in [0.15, 0.2) is 23.5 Å². The monoisotopic (exact) mass is 264 g/mol. The molecule has 1 aliphatic rings. The van der Waals surface area contributed by atoms with Gasteiger partial charge in [-0.2, -0.15) is 0 Å². The molecule has 6 heteroatoms. The van der Waals surface area contributed by atoms with Crippen LogP contribution in [0.4, 0.5) is 5.69 Å². The van der Waals surface area contributed by atoms with E-state index in [4.69, 9.17) is 15.7 Å². The van der Waals surface area contributed by atoms with Crippen LogP contribution in [0.3, 0.4) is 0 Å². The summed E-state index contributed by atoms with van der Waals surface area (Å²) in [5, 5.41) is 11.5. The molecule has 0 spiro atoms. The van der Waals surface area contributed by atoms with Crippen molar-refractivity contribution < 1.29 is 9.94 Å². The Morgan fingerprint density at radius 1 is 1.63 bits per heavy atom. The Bertz CT molecular complexity index is 427. The van der Waals surface area contributed by atoms with E-state index in [-0.39, 0.29) is 5.84 Å². The predicted molar refractivity (Wildman–Crippen MR) is 73.6 cm³/mol. The van der Waals surface area contributed by atoms with Crippen molar-refractivity contribution in [1.29, 1.82) is 0 Å². The zero-order chi connectivity index (χ0) is 13.7. The van der Waals surface area contributed by atoms with Crippen LogP contribution < -0.4 is 10.6 Å². The molecule has 19 heavy (non-hydrogen) atoms. The number of anilines is 1. The van der Waals surface area contributed by atoms with Crippen LogP contribution in [0.2, 0.25) is 0 Å². The van der Waals surface area contributed by atoms with Crippen LogP contribution in [0.25, 0.3) is 0 Å². The van der Waals surface area contributed by atoms with E-state index >= 15 is 0 Å². The van der Waals surface area contributed by atoms with Gasteiger partial charge in [0.05, 0.1) is 18.0 Å². The SMILES string of the molecule is CCN(CC1CCCO1)c1ccc(/C(N)=N/O)nc1. The number of amidine groups is 1. The first-order valence-corrected chi connectivity index (χ1v) is 6.55. The van der Waals surface area contributed by atoms with Crippen LogP contribution in [-0.2, 0) is 4.74 Å². The second-order valence-corrected chi connectivity index (χ2v) is 4.56. The van der Waals surface area contributed by atoms with Crippen molar-refractivity contribution in [2.24, 2.45) is 10.9 Å². The van der Waals surface area contributed by atoms with Gasteiger partial charge in [-0.1, -0.05) is 5.16 Å². The van der Waals surface area contributed by atoms with Gasteiger partial charge in [0.2, 0.25) is 0 Å². The lowest BCUT2D eigenvalue weighted by Gasteiger charge is -2.25. The molecular weight excluding hydrogens is 244 g/mol. The highest BCUT2D eigenvalue weighted by Gasteiger charge is 2.19. The van der Waals surface area contributed by atoms with Crippen molar-refractivity contribution >= 4 is 11.5 Å². The Balaban J connectivity index is 2.05. The number of aromatic nitrogens is 1. The average Bonchev–Trinajstić information content (AvgIpc) is 2.97. The van der Waals surface area contributed by atoms with Gasteiger partial charge >= 0.3 is 0 Å². The maximum atomic E-state index is 8.60. The summed E-state index contributed by atoms with van der Waals surface area (Å²) in [7, 11) is 0. The molecule has 2 rings (SSSR count). The normalized spacial score (nSPS) is 19.6. The van der Waals surface area contributed by atoms with Gasteiger partial charge in [-0.15, -0.1) is 0 Å². The largest absolute Gasteiger partial charge is 0.409 e. The lowest BCUT2D eigenvalue weighted by atomic mass is 10.2. The number of oxime groups is 1. The Kier molecular flexibility index (Phi) is 4.57. The van der Waals surface area contributed by atoms with Crippen molar-refractivity contribution in [3.05, 3.63) is 24.0 Å². The Morgan fingerprint density at radius 2 is 2.47 bits per heavy atom. The summed E-state index contributed by atoms with van der Waals surface area (Å²) in [4.78, 5) is 6.42. The predicted octanol–water partition coefficient (Wildman–Crippen LogP) is 1.18. The van der Waals surface area contributed by atoms with Crippen LogP contribution in [0.5, 0.6) is 0 Å². The van der Waals surface area contributed by atoms with Gasteiger partial charge in [-0.3, -0.25) is 4.98 Å². The molecule has 1 fully saturated rings. The molecule has 0 saturated carbocycles. The van der Waals surface area contributed by atoms with E-state index in [1.54, 1.807) is 12.3 Å². The zero-order valence-corrected chi connectivity index (χ0v) is 11.1. The second-order valence-electron chi connectivity index (χ2n) is 4.56. The molecule has 6 nitrogen and oxygen atoms in total. The number of rotatable bonds is 5. The molecule has 0 aromatic carbocycles. The molecule has 1 aromatic rings. The van der Waals surface area contributed by atoms with Crippen LogP contribution in [-0.4, -0.2) is 41.8 Å². The maximum Gasteiger partial charge on any atom is 0.188 e. The molecule has 0 radical (unpaired) electrons. The maximum absolute atomic E-state index is 8.60. The van der Waals surface area contributed by atoms with Crippen molar-refractivity contribution in [1.82, 2.24) is 4.98 Å². The number of nitrogens with zero attached hydrogens (tertiary/aromatic N) is 3. The molecule has 0 aliphatic carbocycles. The molecule has 0 bridgehead atoms. The minimum atomic E-state index is 0.0220. The van der Waals surface area contributed by atoms with Gasteiger partial charge in [-0.05, 0) is 31.9 Å². The number of hydrogen-bond donors (Lipinski definition) is 2. The molecule has 1 saturated heterocycles. The van der Waals surface area contributed by atoms with Crippen LogP contribution >= 0.6 is 0 Å². The standard InChI is InChI=1S/C13H20N4O2/c1-2-17(9-11-4-3-7-19-11)10-5-6-12(15-8-10)13(14)16-18/h5-6,8,11,18H,2-4,7,9H2,1H3,(H2,14,16). The molecular formula is C13H20N4O2. The van der Waals surface area contributed by atoms with Crippen molar-refractivity contribution in [3.8, 4) is 0 Å². The smallest absolute Gasteiger partial charge is 0.188 e. The first kappa shape index (κ1) is 13.6. The van der Waals surface area contributed by atoms with Crippen molar-refractivity contribution in [2.45, 2.75) is 25.9 Å². The highest BCUT2D eigenvalue weighted by atomic mass is 16.5. The molecule has 2 heterocycles. The summed E-state index contributed by atoms with van der Waals surface area (Å²) in [6.07, 6.45) is 4.31. The zero-order valence-electron chi connectivity index (χ0n) is 11.1. The van der Waals surface area contributed by atoms with Crippen molar-refractivity contribution in [2.75, 3.05) is 24.6 Å². The first-order chi connectivity index (χ1) is 9.24. The summed E-state index contributed by atoms with van der Waals surface area (Å²) in [5.74, 6) is 0.0220. The lowest BCUT2D eigenvalue weighted by Crippen LogP contribution is -2.32. The van der Waals surface area contributed by atoms with Gasteiger partial charge in [0, 0.05) is 19.7 Å². The highest BCUT2D eigenvalue weighted by molar-refractivity contribution is 5.95. The van der Waals surface area contributed by atoms with Crippen LogP contribution in [0, 0.1) is 0 Å². The van der Waals surface area contributed by atoms with Gasteiger partial charge in [0.25, 0.3) is 0 Å². The summed E-state index contributed by atoms with van der Waals surface area (Å²) in [6.45, 7) is 4.74. The second kappa shape index (κ2) is 6.38. The number of hydrogen-bond acceptors (Lipinski definition) is 5. The molecule has 3 N–H and O–H groups in total. The van der Waals surface area contributed by atoms with Gasteiger partial charge in [0.15, 0.2) is 5.84 Å². The number of ether oxygens (including phenoxy) is 1. The summed E-state index contributed by atoms with van der Waals surface area (Å²) >= 11 is 0. The van der Waals surface area contributed by atoms with E-state index in [0.29, 0.717) is 11.8 Å². The number of nitrogens with two attached hydrogens (primary N) is 1. The third-order valence-electron chi connectivity index (χ3n) is 3.31. The van der Waals surface area contributed by atoms with E-state index in [1.165, 1.54) is 0 Å². The average molecular weight is 264 g/mol. The van der Waals surface area contributed by atoms with Gasteiger partial charge < -0.3 is 20.6 Å². The Hall–Kier alpha value is -1.82. The minimum absolute atomic E-state index is 0.0220. The Morgan fingerprint density at radius 3 is 3.00 bits per heavy atom. The highest BCUT2D eigenvalue weighted by Crippen LogP contribution is 2.18. The summed E-state index contributed by atoms with van der Waals surface area (Å²) < 4.78 is 5.65. The number of likely N-dealkylation sites (N-methyl/N-ethyl adjacent to an activating group) is 1. The lowest BCUT2D eigenvalue weighted by molar-refractivity contribution is 0.115. The van der Waals surface area contributed by atoms with E-state index in [0.717, 1.165) is 38.2 Å². The number of pyridine rings is 1. The topological polar surface area (TPSA) is 84.0 Å². The fraction of sp³-hybridized carbons (Fsp3) is 0.538. The molecule has 1 aliphatic heterocycles. The molecule has 1 atom stereocenters. The fourth-order valence-electron chi connectivity index (χ4n) is 2.23. The third-order valence-corrected chi connectivity index (χ3v) is 3.31. The van der Waals surface area contributed by atoms with E-state index in [2.05, 4.69) is 22.0 Å². The van der Waals surface area contributed by atoms with Gasteiger partial charge in [0.1, 0.15) is 5.69 Å². The minimum Gasteiger partial charge on any atom is -0.409 e. The fourth-order valence-corrected chi connectivity index (χ4v) is 2.23. The molecule has 1 aromatic heterocycles. The third kappa shape index (κ3) is 3.35. The van der Waals surface area contributed by atoms with E-state index in [9.17, 15) is 0 Å². The molecule has 104 valence electrons. The first-order valence-electron chi connectivity index (χ1n) is 6.55. The Labute approximate surface area is 112 Å². The molecule has 1 unspecified atom stereocenters. The van der Waals surface area contributed by atoms with E-state index < -0.39 is 0 Å². The van der Waals surface area contributed by atoms with Crippen LogP contribution in [0.1, 0.15) is 25.5 Å². The summed E-state index contributed by atoms with van der Waals surface area (Å²) in [6, 6.07) is 3.68. The van der Waals surface area contributed by atoms with E-state index in [1.807, 2.05) is 6.07 Å². The molecule has 0 amide bonds.